The molecule has 1 aromatic carbocycles. The highest BCUT2D eigenvalue weighted by Crippen LogP contribution is 2.29. The quantitative estimate of drug-likeness (QED) is 0.638. The van der Waals surface area contributed by atoms with Crippen LogP contribution in [0.3, 0.4) is 0 Å². The highest BCUT2D eigenvalue weighted by Gasteiger charge is 2.20. The van der Waals surface area contributed by atoms with Crippen LogP contribution >= 0.6 is 23.4 Å². The monoisotopic (exact) mass is 378 g/mol. The Kier molecular flexibility index (Phi) is 5.34. The van der Waals surface area contributed by atoms with Gasteiger partial charge in [0.2, 0.25) is 5.91 Å². The molecule has 2 aromatic heterocycles. The fraction of sp³-hybridized carbons (Fsp3) is 0.353. The highest BCUT2D eigenvalue weighted by molar-refractivity contribution is 8.00. The van der Waals surface area contributed by atoms with E-state index in [0.29, 0.717) is 16.6 Å². The molecule has 1 N–H and O–H groups in total. The summed E-state index contributed by atoms with van der Waals surface area (Å²) in [5.74, 6) is 0.924. The van der Waals surface area contributed by atoms with Gasteiger partial charge < -0.3 is 14.4 Å². The molecule has 3 rings (SSSR count). The molecule has 2 heterocycles. The van der Waals surface area contributed by atoms with E-state index >= 15 is 0 Å². The number of hydrogen-bond acceptors (Lipinski definition) is 5. The first-order chi connectivity index (χ1) is 12.0. The van der Waals surface area contributed by atoms with E-state index in [4.69, 9.17) is 16.1 Å². The van der Waals surface area contributed by atoms with Crippen molar-refractivity contribution in [2.45, 2.75) is 44.1 Å². The summed E-state index contributed by atoms with van der Waals surface area (Å²) in [6.45, 7) is 6.56. The number of fused-ring (bicyclic) bond motifs is 1. The Labute approximate surface area is 154 Å². The molecule has 0 radical (unpaired) electrons. The normalized spacial score (nSPS) is 12.5. The van der Waals surface area contributed by atoms with Crippen LogP contribution in [0, 0.1) is 6.92 Å². The number of anilines is 1. The van der Waals surface area contributed by atoms with Crippen LogP contribution in [0.5, 0.6) is 0 Å². The lowest BCUT2D eigenvalue weighted by molar-refractivity contribution is -0.115. The van der Waals surface area contributed by atoms with E-state index in [9.17, 15) is 4.79 Å². The Morgan fingerprint density at radius 3 is 2.92 bits per heavy atom. The molecule has 0 fully saturated rings. The largest absolute Gasteiger partial charge is 0.360 e. The maximum atomic E-state index is 12.4. The molecule has 25 heavy (non-hydrogen) atoms. The number of amides is 1. The van der Waals surface area contributed by atoms with Crippen molar-refractivity contribution in [1.82, 2.24) is 14.7 Å². The minimum absolute atomic E-state index is 0.147. The molecular formula is C17H19ClN4O2S. The minimum Gasteiger partial charge on any atom is -0.360 e. The van der Waals surface area contributed by atoms with Gasteiger partial charge in [-0.2, -0.15) is 0 Å². The van der Waals surface area contributed by atoms with Gasteiger partial charge >= 0.3 is 0 Å². The van der Waals surface area contributed by atoms with Crippen LogP contribution in [-0.2, 0) is 11.3 Å². The van der Waals surface area contributed by atoms with Gasteiger partial charge in [0.25, 0.3) is 0 Å². The van der Waals surface area contributed by atoms with Crippen LogP contribution in [0.2, 0.25) is 5.02 Å². The van der Waals surface area contributed by atoms with Crippen LogP contribution in [0.1, 0.15) is 26.0 Å². The number of thioether (sulfide) groups is 1. The number of halogens is 1. The van der Waals surface area contributed by atoms with Crippen molar-refractivity contribution in [2.75, 3.05) is 5.32 Å². The maximum absolute atomic E-state index is 12.4. The van der Waals surface area contributed by atoms with E-state index in [0.717, 1.165) is 29.2 Å². The number of aryl methyl sites for hydroxylation is 2. The second kappa shape index (κ2) is 7.49. The molecule has 1 atom stereocenters. The van der Waals surface area contributed by atoms with Gasteiger partial charge in [-0.1, -0.05) is 35.4 Å². The summed E-state index contributed by atoms with van der Waals surface area (Å²) in [7, 11) is 0. The van der Waals surface area contributed by atoms with E-state index in [1.54, 1.807) is 13.0 Å². The molecule has 6 nitrogen and oxygen atoms in total. The van der Waals surface area contributed by atoms with Gasteiger partial charge in [0.05, 0.1) is 16.3 Å². The van der Waals surface area contributed by atoms with Crippen molar-refractivity contribution in [2.24, 2.45) is 0 Å². The SMILES string of the molecule is CCCn1c(SC(C)C(=O)Nc2cc(C)on2)nc2cc(Cl)ccc21. The fourth-order valence-corrected chi connectivity index (χ4v) is 3.59. The molecule has 0 spiro atoms. The lowest BCUT2D eigenvalue weighted by Crippen LogP contribution is -2.23. The van der Waals surface area contributed by atoms with Gasteiger partial charge in [0.15, 0.2) is 11.0 Å². The smallest absolute Gasteiger partial charge is 0.238 e. The third kappa shape index (κ3) is 3.99. The molecule has 0 aliphatic carbocycles. The van der Waals surface area contributed by atoms with Crippen LogP contribution < -0.4 is 5.32 Å². The average molecular weight is 379 g/mol. The van der Waals surface area contributed by atoms with E-state index in [1.165, 1.54) is 11.8 Å². The number of rotatable bonds is 6. The van der Waals surface area contributed by atoms with Gasteiger partial charge in [-0.05, 0) is 38.5 Å². The number of nitrogens with one attached hydrogen (secondary N) is 1. The van der Waals surface area contributed by atoms with Crippen molar-refractivity contribution in [1.29, 1.82) is 0 Å². The summed E-state index contributed by atoms with van der Waals surface area (Å²) in [4.78, 5) is 17.0. The summed E-state index contributed by atoms with van der Waals surface area (Å²) in [5, 5.41) is 7.66. The van der Waals surface area contributed by atoms with Crippen molar-refractivity contribution in [3.63, 3.8) is 0 Å². The molecule has 8 heteroatoms. The molecule has 0 bridgehead atoms. The zero-order valence-electron chi connectivity index (χ0n) is 14.2. The third-order valence-electron chi connectivity index (χ3n) is 3.65. The van der Waals surface area contributed by atoms with E-state index in [1.807, 2.05) is 25.1 Å². The van der Waals surface area contributed by atoms with Crippen molar-refractivity contribution >= 4 is 46.1 Å². The number of imidazole rings is 1. The summed E-state index contributed by atoms with van der Waals surface area (Å²) in [6, 6.07) is 7.35. The summed E-state index contributed by atoms with van der Waals surface area (Å²) < 4.78 is 7.09. The standard InChI is InChI=1S/C17H19ClN4O2S/c1-4-7-22-14-6-5-12(18)9-13(14)19-17(22)25-11(3)16(23)20-15-8-10(2)24-21-15/h5-6,8-9,11H,4,7H2,1-3H3,(H,20,21,23). The van der Waals surface area contributed by atoms with E-state index in [2.05, 4.69) is 26.9 Å². The number of nitrogens with zero attached hydrogens (tertiary/aromatic N) is 3. The molecule has 0 saturated carbocycles. The molecule has 0 aliphatic heterocycles. The lowest BCUT2D eigenvalue weighted by Gasteiger charge is -2.12. The minimum atomic E-state index is -0.333. The summed E-state index contributed by atoms with van der Waals surface area (Å²) >= 11 is 7.48. The topological polar surface area (TPSA) is 73.0 Å². The Morgan fingerprint density at radius 2 is 2.24 bits per heavy atom. The van der Waals surface area contributed by atoms with E-state index in [-0.39, 0.29) is 11.2 Å². The first kappa shape index (κ1) is 17.8. The molecular weight excluding hydrogens is 360 g/mol. The second-order valence-electron chi connectivity index (χ2n) is 5.75. The Bertz CT molecular complexity index is 905. The molecule has 0 saturated heterocycles. The second-order valence-corrected chi connectivity index (χ2v) is 7.50. The number of carbonyl (C=O) groups is 1. The Hall–Kier alpha value is -1.99. The average Bonchev–Trinajstić information content (AvgIpc) is 3.11. The summed E-state index contributed by atoms with van der Waals surface area (Å²) in [6.07, 6.45) is 0.973. The molecule has 1 amide bonds. The fourth-order valence-electron chi connectivity index (χ4n) is 2.48. The zero-order chi connectivity index (χ0) is 18.0. The van der Waals surface area contributed by atoms with Gasteiger partial charge in [-0.25, -0.2) is 4.98 Å². The predicted octanol–water partition coefficient (Wildman–Crippen LogP) is 4.52. The van der Waals surface area contributed by atoms with Gasteiger partial charge in [-0.3, -0.25) is 4.79 Å². The number of carbonyl (C=O) groups excluding carboxylic acids is 1. The van der Waals surface area contributed by atoms with Crippen LogP contribution in [0.15, 0.2) is 33.9 Å². The lowest BCUT2D eigenvalue weighted by atomic mass is 10.3. The zero-order valence-corrected chi connectivity index (χ0v) is 15.8. The van der Waals surface area contributed by atoms with Crippen molar-refractivity contribution in [3.05, 3.63) is 35.0 Å². The predicted molar refractivity (Wildman–Crippen MR) is 100 cm³/mol. The molecule has 132 valence electrons. The van der Waals surface area contributed by atoms with E-state index < -0.39 is 0 Å². The summed E-state index contributed by atoms with van der Waals surface area (Å²) in [5.41, 5.74) is 1.86. The van der Waals surface area contributed by atoms with Crippen LogP contribution in [0.4, 0.5) is 5.82 Å². The van der Waals surface area contributed by atoms with Gasteiger partial charge in [-0.15, -0.1) is 0 Å². The first-order valence-electron chi connectivity index (χ1n) is 8.04. The maximum Gasteiger partial charge on any atom is 0.238 e. The van der Waals surface area contributed by atoms with Crippen molar-refractivity contribution < 1.29 is 9.32 Å². The number of benzene rings is 1. The molecule has 0 aliphatic rings. The van der Waals surface area contributed by atoms with Gasteiger partial charge in [0, 0.05) is 17.6 Å². The van der Waals surface area contributed by atoms with Crippen LogP contribution in [0.25, 0.3) is 11.0 Å². The Balaban J connectivity index is 1.81. The molecule has 1 unspecified atom stereocenters. The van der Waals surface area contributed by atoms with Crippen molar-refractivity contribution in [3.8, 4) is 0 Å². The highest BCUT2D eigenvalue weighted by atomic mass is 35.5. The Morgan fingerprint density at radius 1 is 1.44 bits per heavy atom. The number of hydrogen-bond donors (Lipinski definition) is 1. The number of aromatic nitrogens is 3. The first-order valence-corrected chi connectivity index (χ1v) is 9.30. The third-order valence-corrected chi connectivity index (χ3v) is 4.98. The van der Waals surface area contributed by atoms with Crippen LogP contribution in [-0.4, -0.2) is 25.9 Å². The van der Waals surface area contributed by atoms with Gasteiger partial charge in [0.1, 0.15) is 5.76 Å². The molecule has 3 aromatic rings.